The molecule has 1 saturated carbocycles. The molecule has 5 heteroatoms. The van der Waals surface area contributed by atoms with E-state index in [1.165, 1.54) is 19.3 Å². The van der Waals surface area contributed by atoms with Crippen LogP contribution in [0, 0.1) is 5.92 Å². The summed E-state index contributed by atoms with van der Waals surface area (Å²) in [5.74, 6) is 0.525. The van der Waals surface area contributed by atoms with Gasteiger partial charge in [-0.2, -0.15) is 0 Å². The van der Waals surface area contributed by atoms with Gasteiger partial charge in [-0.15, -0.1) is 0 Å². The summed E-state index contributed by atoms with van der Waals surface area (Å²) in [5, 5.41) is 3.46. The molecule has 2 fully saturated rings. The van der Waals surface area contributed by atoms with Crippen LogP contribution in [0.3, 0.4) is 0 Å². The zero-order valence-electron chi connectivity index (χ0n) is 16.7. The van der Waals surface area contributed by atoms with Crippen LogP contribution in [0.5, 0.6) is 0 Å². The molecule has 2 aliphatic rings. The minimum atomic E-state index is -0.152. The lowest BCUT2D eigenvalue weighted by molar-refractivity contribution is 0.0822. The molecule has 0 radical (unpaired) electrons. The highest BCUT2D eigenvalue weighted by Gasteiger charge is 2.26. The molecule has 2 aromatic rings. The van der Waals surface area contributed by atoms with E-state index in [0.29, 0.717) is 16.6 Å². The first-order chi connectivity index (χ1) is 14.2. The van der Waals surface area contributed by atoms with Gasteiger partial charge in [0.1, 0.15) is 0 Å². The number of hydrogen-bond donors (Lipinski definition) is 1. The fraction of sp³-hybridized carbons (Fsp3) is 0.417. The number of carbonyl (C=O) groups excluding carboxylic acids is 1. The van der Waals surface area contributed by atoms with Crippen molar-refractivity contribution < 1.29 is 9.53 Å². The Morgan fingerprint density at radius 3 is 2.31 bits per heavy atom. The maximum Gasteiger partial charge on any atom is 0.257 e. The maximum absolute atomic E-state index is 12.8. The normalized spacial score (nSPS) is 18.8. The van der Waals surface area contributed by atoms with Gasteiger partial charge in [0.25, 0.3) is 5.91 Å². The Hall–Kier alpha value is -2.24. The Balaban J connectivity index is 1.38. The number of rotatable bonds is 6. The lowest BCUT2D eigenvalue weighted by atomic mass is 9.85. The molecule has 0 aromatic heterocycles. The van der Waals surface area contributed by atoms with Crippen molar-refractivity contribution in [2.45, 2.75) is 38.2 Å². The van der Waals surface area contributed by atoms with E-state index in [1.807, 2.05) is 42.5 Å². The fourth-order valence-electron chi connectivity index (χ4n) is 3.95. The van der Waals surface area contributed by atoms with Crippen molar-refractivity contribution in [3.05, 3.63) is 60.2 Å². The van der Waals surface area contributed by atoms with Crippen molar-refractivity contribution in [2.75, 3.05) is 19.7 Å². The molecule has 1 aliphatic carbocycles. The van der Waals surface area contributed by atoms with Crippen LogP contribution in [0.1, 0.15) is 42.5 Å². The van der Waals surface area contributed by atoms with Gasteiger partial charge in [0.2, 0.25) is 0 Å². The van der Waals surface area contributed by atoms with Gasteiger partial charge in [-0.05, 0) is 67.1 Å². The van der Waals surface area contributed by atoms with Gasteiger partial charge in [0, 0.05) is 25.3 Å². The van der Waals surface area contributed by atoms with Crippen molar-refractivity contribution in [3.8, 4) is 11.1 Å². The number of nitrogens with zero attached hydrogens (tertiary/aromatic N) is 1. The molecule has 1 heterocycles. The van der Waals surface area contributed by atoms with E-state index < -0.39 is 0 Å². The van der Waals surface area contributed by atoms with Crippen LogP contribution in [-0.2, 0) is 4.74 Å². The average molecular weight is 409 g/mol. The summed E-state index contributed by atoms with van der Waals surface area (Å²) in [6.45, 7) is 2.50. The zero-order valence-corrected chi connectivity index (χ0v) is 17.5. The molecule has 1 aliphatic heterocycles. The van der Waals surface area contributed by atoms with Gasteiger partial charge >= 0.3 is 0 Å². The number of ether oxygens (including phenoxy) is 1. The standard InChI is InChI=1S/C24H28N2O2S/c27-23(21-13-11-20(12-14-21)19-8-2-1-3-9-19)25-24(29)26(16-18-6-4-7-18)17-22-10-5-15-28-22/h1-3,8-9,11-14,18,22H,4-7,10,15-17H2,(H,25,27,29)/t22-/m1/s1. The van der Waals surface area contributed by atoms with E-state index in [0.717, 1.165) is 43.7 Å². The monoisotopic (exact) mass is 408 g/mol. The molecule has 1 saturated heterocycles. The molecule has 0 unspecified atom stereocenters. The first-order valence-corrected chi connectivity index (χ1v) is 11.0. The third-order valence-corrected chi connectivity index (χ3v) is 6.27. The van der Waals surface area contributed by atoms with Crippen molar-refractivity contribution in [3.63, 3.8) is 0 Å². The highest BCUT2D eigenvalue weighted by Crippen LogP contribution is 2.28. The van der Waals surface area contributed by atoms with E-state index in [-0.39, 0.29) is 12.0 Å². The SMILES string of the molecule is O=C(NC(=S)N(CC1CCC1)C[C@H]1CCCO1)c1ccc(-c2ccccc2)cc1. The van der Waals surface area contributed by atoms with E-state index in [1.54, 1.807) is 0 Å². The third-order valence-electron chi connectivity index (χ3n) is 5.91. The van der Waals surface area contributed by atoms with E-state index >= 15 is 0 Å². The van der Waals surface area contributed by atoms with Crippen molar-refractivity contribution in [2.24, 2.45) is 5.92 Å². The summed E-state index contributed by atoms with van der Waals surface area (Å²) in [6, 6.07) is 17.8. The topological polar surface area (TPSA) is 41.6 Å². The Labute approximate surface area is 178 Å². The summed E-state index contributed by atoms with van der Waals surface area (Å²) < 4.78 is 5.80. The maximum atomic E-state index is 12.8. The molecule has 29 heavy (non-hydrogen) atoms. The largest absolute Gasteiger partial charge is 0.376 e. The van der Waals surface area contributed by atoms with Crippen LogP contribution < -0.4 is 5.32 Å². The van der Waals surface area contributed by atoms with Gasteiger partial charge in [0.05, 0.1) is 6.10 Å². The van der Waals surface area contributed by atoms with Crippen LogP contribution in [-0.4, -0.2) is 41.7 Å². The number of benzene rings is 2. The molecule has 4 rings (SSSR count). The number of amides is 1. The number of thiocarbonyl (C=S) groups is 1. The zero-order chi connectivity index (χ0) is 20.1. The van der Waals surface area contributed by atoms with E-state index in [2.05, 4.69) is 22.3 Å². The summed E-state index contributed by atoms with van der Waals surface area (Å²) in [4.78, 5) is 14.9. The van der Waals surface area contributed by atoms with Crippen LogP contribution >= 0.6 is 12.2 Å². The molecule has 152 valence electrons. The predicted octanol–water partition coefficient (Wildman–Crippen LogP) is 4.65. The van der Waals surface area contributed by atoms with Crippen molar-refractivity contribution in [1.29, 1.82) is 0 Å². The summed E-state index contributed by atoms with van der Waals surface area (Å²) in [7, 11) is 0. The average Bonchev–Trinajstić information content (AvgIpc) is 3.23. The van der Waals surface area contributed by atoms with E-state index in [4.69, 9.17) is 17.0 Å². The second-order valence-corrected chi connectivity index (χ2v) is 8.43. The molecule has 1 atom stereocenters. The molecule has 0 bridgehead atoms. The van der Waals surface area contributed by atoms with Crippen molar-refractivity contribution >= 4 is 23.2 Å². The Morgan fingerprint density at radius 2 is 1.69 bits per heavy atom. The minimum absolute atomic E-state index is 0.152. The minimum Gasteiger partial charge on any atom is -0.376 e. The highest BCUT2D eigenvalue weighted by atomic mass is 32.1. The van der Waals surface area contributed by atoms with Crippen LogP contribution in [0.2, 0.25) is 0 Å². The van der Waals surface area contributed by atoms with Crippen LogP contribution in [0.25, 0.3) is 11.1 Å². The lowest BCUT2D eigenvalue weighted by Crippen LogP contribution is -2.48. The summed E-state index contributed by atoms with van der Waals surface area (Å²) >= 11 is 5.62. The Bertz CT molecular complexity index is 828. The van der Waals surface area contributed by atoms with Gasteiger partial charge in [-0.3, -0.25) is 10.1 Å². The third kappa shape index (κ3) is 5.22. The molecule has 2 aromatic carbocycles. The van der Waals surface area contributed by atoms with Crippen molar-refractivity contribution in [1.82, 2.24) is 10.2 Å². The first kappa shape index (κ1) is 20.0. The Morgan fingerprint density at radius 1 is 0.966 bits per heavy atom. The molecule has 1 amide bonds. The van der Waals surface area contributed by atoms with Crippen LogP contribution in [0.15, 0.2) is 54.6 Å². The molecule has 0 spiro atoms. The second kappa shape index (κ2) is 9.51. The van der Waals surface area contributed by atoms with Crippen LogP contribution in [0.4, 0.5) is 0 Å². The highest BCUT2D eigenvalue weighted by molar-refractivity contribution is 7.80. The molecular weight excluding hydrogens is 380 g/mol. The predicted molar refractivity (Wildman–Crippen MR) is 120 cm³/mol. The smallest absolute Gasteiger partial charge is 0.257 e. The number of carbonyl (C=O) groups is 1. The molecule has 1 N–H and O–H groups in total. The van der Waals surface area contributed by atoms with E-state index in [9.17, 15) is 4.79 Å². The summed E-state index contributed by atoms with van der Waals surface area (Å²) in [5.41, 5.74) is 2.85. The Kier molecular flexibility index (Phi) is 6.57. The number of hydrogen-bond acceptors (Lipinski definition) is 3. The molecular formula is C24H28N2O2S. The van der Waals surface area contributed by atoms with Gasteiger partial charge in [-0.25, -0.2) is 0 Å². The summed E-state index contributed by atoms with van der Waals surface area (Å²) in [6.07, 6.45) is 6.19. The molecule has 4 nitrogen and oxygen atoms in total. The second-order valence-electron chi connectivity index (χ2n) is 8.04. The quantitative estimate of drug-likeness (QED) is 0.707. The first-order valence-electron chi connectivity index (χ1n) is 10.6. The lowest BCUT2D eigenvalue weighted by Gasteiger charge is -2.35. The fourth-order valence-corrected chi connectivity index (χ4v) is 4.20. The number of nitrogens with one attached hydrogen (secondary N) is 1. The van der Waals surface area contributed by atoms with Gasteiger partial charge in [-0.1, -0.05) is 48.9 Å². The van der Waals surface area contributed by atoms with Gasteiger partial charge in [0.15, 0.2) is 5.11 Å². The van der Waals surface area contributed by atoms with Gasteiger partial charge < -0.3 is 9.64 Å².